The second-order valence-corrected chi connectivity index (χ2v) is 10.8. The first-order chi connectivity index (χ1) is 15.4. The van der Waals surface area contributed by atoms with Gasteiger partial charge in [-0.05, 0) is 44.4 Å². The molecule has 0 bridgehead atoms. The number of aromatic nitrogens is 1. The predicted octanol–water partition coefficient (Wildman–Crippen LogP) is 1.87. The topological polar surface area (TPSA) is 101 Å². The molecule has 0 radical (unpaired) electrons. The number of hydrogen-bond acceptors (Lipinski definition) is 7. The molecular formula is C21H28N4O5S2. The molecule has 4 rings (SSSR count). The van der Waals surface area contributed by atoms with E-state index in [-0.39, 0.29) is 22.2 Å². The summed E-state index contributed by atoms with van der Waals surface area (Å²) < 4.78 is 34.4. The fourth-order valence-corrected chi connectivity index (χ4v) is 6.22. The van der Waals surface area contributed by atoms with Crippen LogP contribution in [0, 0.1) is 6.92 Å². The van der Waals surface area contributed by atoms with Crippen molar-refractivity contribution >= 4 is 38.6 Å². The Kier molecular flexibility index (Phi) is 6.99. The van der Waals surface area contributed by atoms with E-state index in [1.54, 1.807) is 24.4 Å². The van der Waals surface area contributed by atoms with Gasteiger partial charge in [0, 0.05) is 37.3 Å². The number of anilines is 2. The summed E-state index contributed by atoms with van der Waals surface area (Å²) in [6, 6.07) is 4.92. The Bertz CT molecular complexity index is 1130. The zero-order chi connectivity index (χ0) is 22.7. The molecule has 0 unspecified atom stereocenters. The average Bonchev–Trinajstić information content (AvgIpc) is 3.12. The summed E-state index contributed by atoms with van der Waals surface area (Å²) in [6.45, 7) is 4.69. The van der Waals surface area contributed by atoms with Crippen LogP contribution in [0.5, 0.6) is 0 Å². The number of morpholine rings is 1. The molecule has 2 saturated heterocycles. The summed E-state index contributed by atoms with van der Waals surface area (Å²) in [6.07, 6.45) is 3.25. The molecule has 0 spiro atoms. The third-order valence-corrected chi connectivity index (χ3v) is 8.60. The molecule has 0 atom stereocenters. The highest BCUT2D eigenvalue weighted by molar-refractivity contribution is 7.89. The molecule has 2 aliphatic heterocycles. The van der Waals surface area contributed by atoms with Crippen LogP contribution in [0.2, 0.25) is 0 Å². The monoisotopic (exact) mass is 480 g/mol. The van der Waals surface area contributed by atoms with Crippen molar-refractivity contribution in [3.63, 3.8) is 0 Å². The highest BCUT2D eigenvalue weighted by Gasteiger charge is 2.28. The summed E-state index contributed by atoms with van der Waals surface area (Å²) in [5.74, 6) is -0.368. The van der Waals surface area contributed by atoms with E-state index in [1.807, 2.05) is 0 Å². The number of hydrogen-bond donors (Lipinski definition) is 1. The van der Waals surface area contributed by atoms with Gasteiger partial charge in [-0.25, -0.2) is 8.42 Å². The molecule has 174 valence electrons. The van der Waals surface area contributed by atoms with Crippen LogP contribution in [0.3, 0.4) is 0 Å². The molecule has 1 aromatic carbocycles. The van der Waals surface area contributed by atoms with Crippen molar-refractivity contribution in [1.82, 2.24) is 8.87 Å². The normalized spacial score (nSPS) is 18.0. The van der Waals surface area contributed by atoms with Crippen LogP contribution in [0.1, 0.15) is 25.0 Å². The first-order valence-electron chi connectivity index (χ1n) is 10.8. The standard InChI is InChI=1S/C21H28N4O5S2/c1-16-15-31-21(27)25(16)14-20(26)22-18-13-17(32(28,29)24-9-11-30-12-10-24)5-6-19(18)23-7-3-2-4-8-23/h5-6,13,15H,2-4,7-12,14H2,1H3,(H,22,26). The van der Waals surface area contributed by atoms with Gasteiger partial charge in [-0.2, -0.15) is 4.31 Å². The second-order valence-electron chi connectivity index (χ2n) is 8.02. The van der Waals surface area contributed by atoms with Gasteiger partial charge in [0.25, 0.3) is 0 Å². The van der Waals surface area contributed by atoms with Gasteiger partial charge < -0.3 is 15.0 Å². The molecule has 2 aromatic rings. The Labute approximate surface area is 191 Å². The molecule has 1 amide bonds. The van der Waals surface area contributed by atoms with Crippen LogP contribution >= 0.6 is 11.3 Å². The number of carbonyl (C=O) groups excluding carboxylic acids is 1. The zero-order valence-electron chi connectivity index (χ0n) is 18.1. The zero-order valence-corrected chi connectivity index (χ0v) is 19.7. The van der Waals surface area contributed by atoms with E-state index < -0.39 is 10.0 Å². The molecule has 2 aliphatic rings. The van der Waals surface area contributed by atoms with Crippen LogP contribution in [0.15, 0.2) is 33.3 Å². The lowest BCUT2D eigenvalue weighted by molar-refractivity contribution is -0.116. The third-order valence-electron chi connectivity index (χ3n) is 5.82. The summed E-state index contributed by atoms with van der Waals surface area (Å²) in [7, 11) is -3.70. The van der Waals surface area contributed by atoms with E-state index >= 15 is 0 Å². The van der Waals surface area contributed by atoms with Crippen molar-refractivity contribution in [3.05, 3.63) is 38.9 Å². The minimum Gasteiger partial charge on any atom is -0.379 e. The van der Waals surface area contributed by atoms with E-state index in [2.05, 4.69) is 10.2 Å². The highest BCUT2D eigenvalue weighted by atomic mass is 32.2. The number of nitrogens with zero attached hydrogens (tertiary/aromatic N) is 3. The fraction of sp³-hybridized carbons (Fsp3) is 0.524. The van der Waals surface area contributed by atoms with Gasteiger partial charge in [0.2, 0.25) is 15.9 Å². The Morgan fingerprint density at radius 1 is 1.12 bits per heavy atom. The summed E-state index contributed by atoms with van der Waals surface area (Å²) in [5, 5.41) is 4.59. The van der Waals surface area contributed by atoms with E-state index in [0.717, 1.165) is 55.1 Å². The largest absolute Gasteiger partial charge is 0.379 e. The molecule has 9 nitrogen and oxygen atoms in total. The van der Waals surface area contributed by atoms with Gasteiger partial charge in [-0.15, -0.1) is 0 Å². The van der Waals surface area contributed by atoms with Crippen molar-refractivity contribution in [3.8, 4) is 0 Å². The number of ether oxygens (including phenoxy) is 1. The Morgan fingerprint density at radius 2 is 1.84 bits per heavy atom. The number of carbonyl (C=O) groups is 1. The molecule has 1 N–H and O–H groups in total. The molecule has 0 saturated carbocycles. The maximum atomic E-state index is 13.2. The lowest BCUT2D eigenvalue weighted by Crippen LogP contribution is -2.40. The van der Waals surface area contributed by atoms with Crippen molar-refractivity contribution in [2.24, 2.45) is 0 Å². The first-order valence-corrected chi connectivity index (χ1v) is 13.1. The van der Waals surface area contributed by atoms with Crippen LogP contribution in [-0.2, 0) is 26.1 Å². The van der Waals surface area contributed by atoms with Gasteiger partial charge in [-0.1, -0.05) is 11.3 Å². The van der Waals surface area contributed by atoms with Gasteiger partial charge >= 0.3 is 4.87 Å². The first kappa shape index (κ1) is 23.0. The maximum absolute atomic E-state index is 13.2. The number of thiazole rings is 1. The van der Waals surface area contributed by atoms with Crippen molar-refractivity contribution in [2.75, 3.05) is 49.6 Å². The number of sulfonamides is 1. The van der Waals surface area contributed by atoms with Gasteiger partial charge in [0.15, 0.2) is 0 Å². The minimum absolute atomic E-state index is 0.117. The lowest BCUT2D eigenvalue weighted by Gasteiger charge is -2.31. The van der Waals surface area contributed by atoms with Gasteiger partial charge in [-0.3, -0.25) is 14.2 Å². The SMILES string of the molecule is Cc1csc(=O)n1CC(=O)Nc1cc(S(=O)(=O)N2CCOCC2)ccc1N1CCCCC1. The number of aryl methyl sites for hydroxylation is 1. The minimum atomic E-state index is -3.70. The van der Waals surface area contributed by atoms with E-state index in [1.165, 1.54) is 14.9 Å². The number of benzene rings is 1. The van der Waals surface area contributed by atoms with Crippen molar-refractivity contribution < 1.29 is 17.9 Å². The Balaban J connectivity index is 1.64. The summed E-state index contributed by atoms with van der Waals surface area (Å²) in [5.41, 5.74) is 1.97. The fourth-order valence-electron chi connectivity index (χ4n) is 4.05. The van der Waals surface area contributed by atoms with Gasteiger partial charge in [0.1, 0.15) is 6.54 Å². The average molecular weight is 481 g/mol. The predicted molar refractivity (Wildman–Crippen MR) is 124 cm³/mol. The quantitative estimate of drug-likeness (QED) is 0.678. The summed E-state index contributed by atoms with van der Waals surface area (Å²) >= 11 is 1.05. The summed E-state index contributed by atoms with van der Waals surface area (Å²) in [4.78, 5) is 26.9. The molecule has 1 aromatic heterocycles. The van der Waals surface area contributed by atoms with E-state index in [9.17, 15) is 18.0 Å². The van der Waals surface area contributed by atoms with Gasteiger partial charge in [0.05, 0.1) is 29.5 Å². The Morgan fingerprint density at radius 3 is 2.50 bits per heavy atom. The van der Waals surface area contributed by atoms with Crippen LogP contribution in [0.4, 0.5) is 11.4 Å². The molecule has 3 heterocycles. The molecular weight excluding hydrogens is 452 g/mol. The smallest absolute Gasteiger partial charge is 0.307 e. The molecule has 11 heteroatoms. The number of nitrogens with one attached hydrogen (secondary N) is 1. The molecule has 0 aliphatic carbocycles. The van der Waals surface area contributed by atoms with Crippen LogP contribution < -0.4 is 15.1 Å². The van der Waals surface area contributed by atoms with E-state index in [0.29, 0.717) is 32.0 Å². The number of amides is 1. The van der Waals surface area contributed by atoms with E-state index in [4.69, 9.17) is 4.74 Å². The van der Waals surface area contributed by atoms with Crippen LogP contribution in [0.25, 0.3) is 0 Å². The lowest BCUT2D eigenvalue weighted by atomic mass is 10.1. The Hall–Kier alpha value is -2.21. The van der Waals surface area contributed by atoms with Crippen molar-refractivity contribution in [2.45, 2.75) is 37.6 Å². The van der Waals surface area contributed by atoms with Crippen molar-refractivity contribution in [1.29, 1.82) is 0 Å². The molecule has 32 heavy (non-hydrogen) atoms. The third kappa shape index (κ3) is 4.90. The van der Waals surface area contributed by atoms with Crippen LogP contribution in [-0.4, -0.2) is 62.6 Å². The molecule has 2 fully saturated rings. The maximum Gasteiger partial charge on any atom is 0.307 e. The second kappa shape index (κ2) is 9.74. The highest BCUT2D eigenvalue weighted by Crippen LogP contribution is 2.32. The number of rotatable bonds is 6. The number of piperidine rings is 1.